The van der Waals surface area contributed by atoms with E-state index in [1.165, 1.54) is 12.1 Å². The number of primary sulfonamides is 1. The molecule has 0 spiro atoms. The Kier molecular flexibility index (Phi) is 4.44. The van der Waals surface area contributed by atoms with Crippen molar-refractivity contribution in [2.45, 2.75) is 38.0 Å². The maximum absolute atomic E-state index is 11.8. The van der Waals surface area contributed by atoms with Gasteiger partial charge in [-0.05, 0) is 30.7 Å². The van der Waals surface area contributed by atoms with Gasteiger partial charge >= 0.3 is 0 Å². The van der Waals surface area contributed by atoms with Gasteiger partial charge in [-0.15, -0.1) is 0 Å². The van der Waals surface area contributed by atoms with E-state index in [4.69, 9.17) is 5.14 Å². The molecule has 0 amide bonds. The molecule has 1 fully saturated rings. The Hall–Kier alpha value is -1.67. The van der Waals surface area contributed by atoms with E-state index in [-0.39, 0.29) is 16.0 Å². The van der Waals surface area contributed by atoms with E-state index in [0.29, 0.717) is 18.8 Å². The van der Waals surface area contributed by atoms with Crippen LogP contribution >= 0.6 is 0 Å². The molecule has 0 aliphatic carbocycles. The molecule has 7 nitrogen and oxygen atoms in total. The van der Waals surface area contributed by atoms with Crippen molar-refractivity contribution in [3.05, 3.63) is 28.3 Å². The molecular formula is C14H21N3O4S. The third-order valence-corrected chi connectivity index (χ3v) is 5.08. The predicted molar refractivity (Wildman–Crippen MR) is 84.3 cm³/mol. The number of anilines is 1. The Morgan fingerprint density at radius 2 is 1.95 bits per heavy atom. The molecule has 0 atom stereocenters. The van der Waals surface area contributed by atoms with Crippen molar-refractivity contribution in [2.24, 2.45) is 10.6 Å². The number of nitrogens with two attached hydrogens (primary N) is 1. The minimum Gasteiger partial charge on any atom is -0.370 e. The second-order valence-corrected chi connectivity index (χ2v) is 7.99. The first-order valence-corrected chi connectivity index (χ1v) is 8.71. The van der Waals surface area contributed by atoms with Crippen LogP contribution in [0.2, 0.25) is 0 Å². The average molecular weight is 327 g/mol. The number of rotatable bonds is 3. The van der Waals surface area contributed by atoms with Crippen molar-refractivity contribution in [1.82, 2.24) is 0 Å². The zero-order chi connectivity index (χ0) is 16.5. The molecule has 22 heavy (non-hydrogen) atoms. The summed E-state index contributed by atoms with van der Waals surface area (Å²) in [5.41, 5.74) is 0.380. The van der Waals surface area contributed by atoms with Gasteiger partial charge in [0.05, 0.1) is 10.6 Å². The Labute approximate surface area is 130 Å². The minimum absolute atomic E-state index is 0.179. The zero-order valence-electron chi connectivity index (χ0n) is 12.8. The van der Waals surface area contributed by atoms with E-state index in [2.05, 4.69) is 13.8 Å². The number of nitrogens with zero attached hydrogens (tertiary/aromatic N) is 2. The maximum atomic E-state index is 11.8. The van der Waals surface area contributed by atoms with Crippen molar-refractivity contribution in [3.63, 3.8) is 0 Å². The van der Waals surface area contributed by atoms with Gasteiger partial charge in [-0.3, -0.25) is 10.1 Å². The molecule has 122 valence electrons. The lowest BCUT2D eigenvalue weighted by molar-refractivity contribution is -0.385. The summed E-state index contributed by atoms with van der Waals surface area (Å²) in [5, 5.41) is 16.1. The molecule has 1 aromatic carbocycles. The Morgan fingerprint density at radius 1 is 1.27 bits per heavy atom. The summed E-state index contributed by atoms with van der Waals surface area (Å²) in [6, 6.07) is 3.84. The van der Waals surface area contributed by atoms with Gasteiger partial charge in [-0.25, -0.2) is 13.6 Å². The molecule has 0 aromatic heterocycles. The highest BCUT2D eigenvalue weighted by atomic mass is 32.2. The van der Waals surface area contributed by atoms with Crippen molar-refractivity contribution in [3.8, 4) is 0 Å². The number of non-ortho nitro benzene ring substituents is 1. The SMILES string of the molecule is CC1(C)CCCN(c2ccc([N+](=O)[O-])cc2S(N)(=O)=O)CC1. The standard InChI is InChI=1S/C14H21N3O4S/c1-14(2)6-3-8-16(9-7-14)12-5-4-11(17(18)19)10-13(12)22(15,20)21/h4-5,10H,3,6-9H2,1-2H3,(H2,15,20,21). The van der Waals surface area contributed by atoms with Crippen LogP contribution in [0, 0.1) is 15.5 Å². The van der Waals surface area contributed by atoms with Crippen LogP contribution in [0.25, 0.3) is 0 Å². The zero-order valence-corrected chi connectivity index (χ0v) is 13.6. The lowest BCUT2D eigenvalue weighted by Crippen LogP contribution is -2.28. The van der Waals surface area contributed by atoms with Gasteiger partial charge in [0.1, 0.15) is 4.90 Å². The summed E-state index contributed by atoms with van der Waals surface area (Å²) in [6.07, 6.45) is 2.92. The number of hydrogen-bond acceptors (Lipinski definition) is 5. The highest BCUT2D eigenvalue weighted by molar-refractivity contribution is 7.89. The lowest BCUT2D eigenvalue weighted by atomic mass is 9.85. The Morgan fingerprint density at radius 3 is 2.55 bits per heavy atom. The summed E-state index contributed by atoms with van der Waals surface area (Å²) in [6.45, 7) is 5.79. The van der Waals surface area contributed by atoms with Crippen molar-refractivity contribution in [1.29, 1.82) is 0 Å². The molecule has 0 saturated carbocycles. The largest absolute Gasteiger partial charge is 0.370 e. The minimum atomic E-state index is -4.03. The summed E-state index contributed by atoms with van der Waals surface area (Å²) in [4.78, 5) is 12.0. The average Bonchev–Trinajstić information content (AvgIpc) is 2.58. The number of nitro groups is 1. The van der Waals surface area contributed by atoms with Gasteiger partial charge in [0.25, 0.3) is 5.69 Å². The molecule has 1 aromatic rings. The van der Waals surface area contributed by atoms with Gasteiger partial charge in [0, 0.05) is 25.2 Å². The van der Waals surface area contributed by atoms with Crippen LogP contribution in [0.15, 0.2) is 23.1 Å². The monoisotopic (exact) mass is 327 g/mol. The van der Waals surface area contributed by atoms with E-state index in [1.54, 1.807) is 0 Å². The van der Waals surface area contributed by atoms with Gasteiger partial charge in [0.15, 0.2) is 0 Å². The van der Waals surface area contributed by atoms with Crippen LogP contribution in [0.5, 0.6) is 0 Å². The highest BCUT2D eigenvalue weighted by Gasteiger charge is 2.27. The summed E-state index contributed by atoms with van der Waals surface area (Å²) >= 11 is 0. The second-order valence-electron chi connectivity index (χ2n) is 6.46. The van der Waals surface area contributed by atoms with E-state index in [0.717, 1.165) is 25.3 Å². The molecule has 0 unspecified atom stereocenters. The normalized spacial score (nSPS) is 18.8. The first-order valence-electron chi connectivity index (χ1n) is 7.16. The van der Waals surface area contributed by atoms with E-state index in [1.807, 2.05) is 4.90 Å². The summed E-state index contributed by atoms with van der Waals surface area (Å²) in [5.74, 6) is 0. The van der Waals surface area contributed by atoms with Gasteiger partial charge in [0.2, 0.25) is 10.0 Å². The molecule has 0 bridgehead atoms. The fraction of sp³-hybridized carbons (Fsp3) is 0.571. The smallest absolute Gasteiger partial charge is 0.270 e. The van der Waals surface area contributed by atoms with Crippen LogP contribution < -0.4 is 10.0 Å². The van der Waals surface area contributed by atoms with Crippen molar-refractivity contribution >= 4 is 21.4 Å². The summed E-state index contributed by atoms with van der Waals surface area (Å²) < 4.78 is 23.6. The van der Waals surface area contributed by atoms with Crippen LogP contribution in [0.1, 0.15) is 33.1 Å². The first-order chi connectivity index (χ1) is 10.1. The molecule has 1 aliphatic heterocycles. The van der Waals surface area contributed by atoms with E-state index >= 15 is 0 Å². The van der Waals surface area contributed by atoms with Crippen molar-refractivity contribution < 1.29 is 13.3 Å². The van der Waals surface area contributed by atoms with Gasteiger partial charge in [-0.2, -0.15) is 0 Å². The van der Waals surface area contributed by atoms with Gasteiger partial charge in [-0.1, -0.05) is 13.8 Å². The first kappa shape index (κ1) is 16.7. The van der Waals surface area contributed by atoms with E-state index < -0.39 is 14.9 Å². The maximum Gasteiger partial charge on any atom is 0.270 e. The molecular weight excluding hydrogens is 306 g/mol. The molecule has 8 heteroatoms. The molecule has 1 saturated heterocycles. The van der Waals surface area contributed by atoms with E-state index in [9.17, 15) is 18.5 Å². The van der Waals surface area contributed by atoms with Crippen LogP contribution in [-0.2, 0) is 10.0 Å². The fourth-order valence-electron chi connectivity index (χ4n) is 2.77. The number of nitro benzene ring substituents is 1. The molecule has 1 heterocycles. The lowest BCUT2D eigenvalue weighted by Gasteiger charge is -2.26. The molecule has 1 aliphatic rings. The van der Waals surface area contributed by atoms with Crippen molar-refractivity contribution in [2.75, 3.05) is 18.0 Å². The topological polar surface area (TPSA) is 107 Å². The van der Waals surface area contributed by atoms with Crippen LogP contribution in [0.4, 0.5) is 11.4 Å². The number of sulfonamides is 1. The molecule has 0 radical (unpaired) electrons. The number of hydrogen-bond donors (Lipinski definition) is 1. The molecule has 2 N–H and O–H groups in total. The number of benzene rings is 1. The molecule has 2 rings (SSSR count). The highest BCUT2D eigenvalue weighted by Crippen LogP contribution is 2.34. The summed E-state index contributed by atoms with van der Waals surface area (Å²) in [7, 11) is -4.03. The van der Waals surface area contributed by atoms with Gasteiger partial charge < -0.3 is 4.90 Å². The third kappa shape index (κ3) is 3.75. The third-order valence-electron chi connectivity index (χ3n) is 4.14. The fourth-order valence-corrected chi connectivity index (χ4v) is 3.54. The second kappa shape index (κ2) is 5.85. The van der Waals surface area contributed by atoms with Crippen LogP contribution in [0.3, 0.4) is 0 Å². The quantitative estimate of drug-likeness (QED) is 0.677. The predicted octanol–water partition coefficient (Wildman–Crippen LogP) is 2.26. The van der Waals surface area contributed by atoms with Crippen LogP contribution in [-0.4, -0.2) is 26.4 Å². The Bertz CT molecular complexity index is 685. The Balaban J connectivity index is 2.44.